The number of ether oxygens (including phenoxy) is 2. The minimum absolute atomic E-state index is 0.0296. The average molecular weight is 1320 g/mol. The summed E-state index contributed by atoms with van der Waals surface area (Å²) < 4.78 is 34.4. The second-order valence-corrected chi connectivity index (χ2v) is 30.2. The molecule has 9 nitrogen and oxygen atoms in total. The molecule has 0 N–H and O–H groups in total. The van der Waals surface area contributed by atoms with Gasteiger partial charge in [0.15, 0.2) is 6.10 Å². The molecule has 0 spiro atoms. The number of rotatable bonds is 76. The fraction of sp³-hybridized carbons (Fsp3) is 0.878. The van der Waals surface area contributed by atoms with Crippen LogP contribution in [0, 0.1) is 0 Å². The molecule has 10 heteroatoms. The number of carbonyl (C=O) groups excluding carboxylic acids is 2. The normalized spacial score (nSPS) is 13.2. The number of nitrogens with zero attached hydrogens (tertiary/aromatic N) is 1. The van der Waals surface area contributed by atoms with Crippen LogP contribution in [0.25, 0.3) is 0 Å². The monoisotopic (exact) mass is 1310 g/mol. The summed E-state index contributed by atoms with van der Waals surface area (Å²) in [7, 11) is 1.18. The summed E-state index contributed by atoms with van der Waals surface area (Å²) in [5.74, 6) is -0.815. The van der Waals surface area contributed by atoms with E-state index >= 15 is 0 Å². The first-order valence-electron chi connectivity index (χ1n) is 40.3. The van der Waals surface area contributed by atoms with Gasteiger partial charge in [-0.1, -0.05) is 371 Å². The van der Waals surface area contributed by atoms with E-state index in [9.17, 15) is 19.0 Å². The molecule has 0 aromatic carbocycles. The molecule has 0 bridgehead atoms. The van der Waals surface area contributed by atoms with Crippen molar-refractivity contribution in [1.29, 1.82) is 0 Å². The van der Waals surface area contributed by atoms with E-state index in [2.05, 4.69) is 62.5 Å². The molecule has 2 atom stereocenters. The molecule has 0 rings (SSSR count). The number of phosphoric acid groups is 1. The lowest BCUT2D eigenvalue weighted by molar-refractivity contribution is -0.870. The van der Waals surface area contributed by atoms with Crippen molar-refractivity contribution in [3.8, 4) is 0 Å². The first-order chi connectivity index (χ1) is 45.0. The van der Waals surface area contributed by atoms with Gasteiger partial charge in [0, 0.05) is 12.8 Å². The Morgan fingerprint density at radius 2 is 0.587 bits per heavy atom. The number of unbranched alkanes of at least 4 members (excludes halogenated alkanes) is 54. The van der Waals surface area contributed by atoms with E-state index in [0.29, 0.717) is 17.4 Å². The number of hydrogen-bond donors (Lipinski definition) is 0. The zero-order valence-electron chi connectivity index (χ0n) is 62.0. The molecule has 0 aromatic heterocycles. The lowest BCUT2D eigenvalue weighted by atomic mass is 10.0. The van der Waals surface area contributed by atoms with Gasteiger partial charge in [-0.3, -0.25) is 14.2 Å². The van der Waals surface area contributed by atoms with E-state index in [1.807, 2.05) is 21.1 Å². The molecule has 2 unspecified atom stereocenters. The van der Waals surface area contributed by atoms with Crippen LogP contribution in [-0.4, -0.2) is 70.0 Å². The molecule has 92 heavy (non-hydrogen) atoms. The number of likely N-dealkylation sites (N-methyl/N-ethyl adjacent to an activating group) is 1. The molecule has 542 valence electrons. The van der Waals surface area contributed by atoms with Gasteiger partial charge in [-0.25, -0.2) is 0 Å². The Kier molecular flexibility index (Phi) is 71.6. The maximum absolute atomic E-state index is 12.9. The van der Waals surface area contributed by atoms with Crippen LogP contribution in [0.2, 0.25) is 0 Å². The van der Waals surface area contributed by atoms with Crippen molar-refractivity contribution in [2.24, 2.45) is 0 Å². The number of esters is 2. The summed E-state index contributed by atoms with van der Waals surface area (Å²) in [5.41, 5.74) is 0. The van der Waals surface area contributed by atoms with Gasteiger partial charge >= 0.3 is 11.9 Å². The summed E-state index contributed by atoms with van der Waals surface area (Å²) in [6.07, 6.45) is 96.8. The van der Waals surface area contributed by atoms with Gasteiger partial charge in [-0.15, -0.1) is 0 Å². The Bertz CT molecular complexity index is 1690. The van der Waals surface area contributed by atoms with Gasteiger partial charge in [-0.05, 0) is 77.0 Å². The van der Waals surface area contributed by atoms with Gasteiger partial charge in [0.2, 0.25) is 0 Å². The van der Waals surface area contributed by atoms with E-state index in [4.69, 9.17) is 18.5 Å². The smallest absolute Gasteiger partial charge is 0.306 e. The molecule has 0 saturated heterocycles. The van der Waals surface area contributed by atoms with E-state index in [1.54, 1.807) is 0 Å². The molecule has 0 aromatic rings. The Hall–Kier alpha value is -2.03. The molecule has 0 aliphatic heterocycles. The predicted molar refractivity (Wildman–Crippen MR) is 397 cm³/mol. The number of carbonyl (C=O) groups is 2. The fourth-order valence-electron chi connectivity index (χ4n) is 12.1. The highest BCUT2D eigenvalue weighted by Crippen LogP contribution is 2.38. The van der Waals surface area contributed by atoms with Gasteiger partial charge in [0.25, 0.3) is 7.82 Å². The molecular weight excluding hydrogens is 1160 g/mol. The molecule has 0 saturated carbocycles. The summed E-state index contributed by atoms with van der Waals surface area (Å²) in [5, 5.41) is 0. The van der Waals surface area contributed by atoms with E-state index < -0.39 is 26.5 Å². The molecule has 0 radical (unpaired) electrons. The zero-order valence-corrected chi connectivity index (χ0v) is 62.9. The fourth-order valence-corrected chi connectivity index (χ4v) is 12.9. The largest absolute Gasteiger partial charge is 0.756 e. The van der Waals surface area contributed by atoms with Gasteiger partial charge < -0.3 is 27.9 Å². The Balaban J connectivity index is 3.88. The van der Waals surface area contributed by atoms with Crippen molar-refractivity contribution in [2.75, 3.05) is 47.5 Å². The second kappa shape index (κ2) is 73.2. The van der Waals surface area contributed by atoms with Crippen LogP contribution in [0.3, 0.4) is 0 Å². The van der Waals surface area contributed by atoms with E-state index in [-0.39, 0.29) is 32.0 Å². The summed E-state index contributed by atoms with van der Waals surface area (Å²) >= 11 is 0. The van der Waals surface area contributed by atoms with Gasteiger partial charge in [0.1, 0.15) is 19.8 Å². The topological polar surface area (TPSA) is 111 Å². The van der Waals surface area contributed by atoms with Crippen LogP contribution in [0.15, 0.2) is 48.6 Å². The first-order valence-corrected chi connectivity index (χ1v) is 41.8. The molecule has 0 fully saturated rings. The molecule has 0 heterocycles. The molecule has 0 aliphatic rings. The van der Waals surface area contributed by atoms with Crippen molar-refractivity contribution in [2.45, 2.75) is 418 Å². The van der Waals surface area contributed by atoms with E-state index in [1.165, 1.54) is 327 Å². The van der Waals surface area contributed by atoms with Gasteiger partial charge in [0.05, 0.1) is 27.7 Å². The maximum atomic E-state index is 12.9. The quantitative estimate of drug-likeness (QED) is 0.0195. The highest BCUT2D eigenvalue weighted by atomic mass is 31.2. The third kappa shape index (κ3) is 77.0. The third-order valence-corrected chi connectivity index (χ3v) is 19.3. The SMILES string of the molecule is CCCCCCC/C=C\C/C=C\C/C=C\CCCCCCCCCCCCCCC(=O)OC(COC(=O)CCCCCCCCCCCCCCCCCCCCCCCCCCCCCCC/C=C\CCCCCCCCCC)COP(=O)([O-])OCC[N+](C)(C)C. The number of phosphoric ester groups is 1. The van der Waals surface area contributed by atoms with Crippen molar-refractivity contribution in [3.63, 3.8) is 0 Å². The number of hydrogen-bond acceptors (Lipinski definition) is 8. The highest BCUT2D eigenvalue weighted by molar-refractivity contribution is 7.45. The summed E-state index contributed by atoms with van der Waals surface area (Å²) in [6.45, 7) is 4.29. The highest BCUT2D eigenvalue weighted by Gasteiger charge is 2.22. The standard InChI is InChI=1S/C82H156NO8P/c1-6-8-10-12-14-16-18-20-22-24-26-28-30-32-34-35-36-37-38-39-40-41-42-43-44-45-46-47-49-50-52-54-56-58-60-62-64-66-68-70-72-74-81(84)88-78-80(79-90-92(86,87)89-77-76-83(3,4)5)91-82(85)75-73-71-69-67-65-63-61-59-57-55-53-51-48-33-31-29-27-25-23-21-19-17-15-13-11-9-7-2/h19,21,24-27,31,33,80H,6-18,20,22-23,28-30,32,34-79H2,1-5H3/b21-19-,26-24-,27-25-,33-31-. The van der Waals surface area contributed by atoms with Crippen molar-refractivity contribution in [1.82, 2.24) is 0 Å². The van der Waals surface area contributed by atoms with Crippen LogP contribution in [0.5, 0.6) is 0 Å². The van der Waals surface area contributed by atoms with Crippen LogP contribution in [0.1, 0.15) is 412 Å². The lowest BCUT2D eigenvalue weighted by Gasteiger charge is -2.28. The van der Waals surface area contributed by atoms with Crippen molar-refractivity contribution < 1.29 is 42.1 Å². The minimum Gasteiger partial charge on any atom is -0.756 e. The van der Waals surface area contributed by atoms with Crippen LogP contribution >= 0.6 is 7.82 Å². The molecule has 0 amide bonds. The Morgan fingerprint density at radius 1 is 0.337 bits per heavy atom. The van der Waals surface area contributed by atoms with Crippen LogP contribution in [0.4, 0.5) is 0 Å². The maximum Gasteiger partial charge on any atom is 0.306 e. The Morgan fingerprint density at radius 3 is 0.880 bits per heavy atom. The Labute approximate surface area is 573 Å². The second-order valence-electron chi connectivity index (χ2n) is 28.8. The lowest BCUT2D eigenvalue weighted by Crippen LogP contribution is -2.37. The minimum atomic E-state index is -4.64. The van der Waals surface area contributed by atoms with Crippen molar-refractivity contribution in [3.05, 3.63) is 48.6 Å². The number of allylic oxidation sites excluding steroid dienone is 8. The third-order valence-electron chi connectivity index (χ3n) is 18.3. The summed E-state index contributed by atoms with van der Waals surface area (Å²) in [6, 6.07) is 0. The van der Waals surface area contributed by atoms with Crippen molar-refractivity contribution >= 4 is 19.8 Å². The summed E-state index contributed by atoms with van der Waals surface area (Å²) in [4.78, 5) is 38.2. The first kappa shape index (κ1) is 90.0. The number of quaternary nitrogens is 1. The van der Waals surface area contributed by atoms with Gasteiger partial charge in [-0.2, -0.15) is 0 Å². The van der Waals surface area contributed by atoms with Crippen LogP contribution in [-0.2, 0) is 32.7 Å². The molecular formula is C82H156NO8P. The average Bonchev–Trinajstić information content (AvgIpc) is 2.14. The predicted octanol–water partition coefficient (Wildman–Crippen LogP) is 26.1. The zero-order chi connectivity index (χ0) is 66.9. The molecule has 0 aliphatic carbocycles. The van der Waals surface area contributed by atoms with E-state index in [0.717, 1.165) is 51.4 Å². The van der Waals surface area contributed by atoms with Crippen LogP contribution < -0.4 is 4.89 Å².